The van der Waals surface area contributed by atoms with E-state index in [1.165, 1.54) is 0 Å². The highest BCUT2D eigenvalue weighted by atomic mass is 35.5. The largest absolute Gasteiger partial charge is 0.494 e. The molecule has 0 aliphatic rings. The Balaban J connectivity index is 1.69. The van der Waals surface area contributed by atoms with E-state index < -0.39 is 0 Å². The summed E-state index contributed by atoms with van der Waals surface area (Å²) in [7, 11) is 0. The van der Waals surface area contributed by atoms with Crippen LogP contribution < -0.4 is 15.4 Å². The van der Waals surface area contributed by atoms with Gasteiger partial charge in [-0.2, -0.15) is 10.1 Å². The van der Waals surface area contributed by atoms with Gasteiger partial charge in [-0.1, -0.05) is 11.6 Å². The van der Waals surface area contributed by atoms with Gasteiger partial charge >= 0.3 is 0 Å². The third kappa shape index (κ3) is 4.33. The first-order chi connectivity index (χ1) is 11.7. The Bertz CT molecular complexity index is 793. The maximum Gasteiger partial charge on any atom is 0.249 e. The minimum absolute atomic E-state index is 0.397. The van der Waals surface area contributed by atoms with Crippen LogP contribution in [-0.2, 0) is 0 Å². The summed E-state index contributed by atoms with van der Waals surface area (Å²) in [4.78, 5) is 4.38. The van der Waals surface area contributed by atoms with Gasteiger partial charge in [0.25, 0.3) is 0 Å². The molecule has 24 heavy (non-hydrogen) atoms. The van der Waals surface area contributed by atoms with Crippen LogP contribution >= 0.6 is 11.6 Å². The van der Waals surface area contributed by atoms with Crippen molar-refractivity contribution in [1.82, 2.24) is 15.2 Å². The SMILES string of the molecule is CCOc1ccc(Nc2cnnc(Nc3ccc(Cl)cc3)n2)cc1. The first-order valence-electron chi connectivity index (χ1n) is 7.45. The standard InChI is InChI=1S/C17H16ClN5O/c1-2-24-15-9-7-13(8-10-15)20-16-11-19-23-17(22-16)21-14-5-3-12(18)4-6-14/h3-11H,2H2,1H3,(H2,20,21,22,23). The maximum absolute atomic E-state index is 5.87. The summed E-state index contributed by atoms with van der Waals surface area (Å²) in [5, 5.41) is 14.9. The molecule has 1 aromatic heterocycles. The van der Waals surface area contributed by atoms with E-state index >= 15 is 0 Å². The summed E-state index contributed by atoms with van der Waals surface area (Å²) in [6.45, 7) is 2.59. The second kappa shape index (κ2) is 7.61. The summed E-state index contributed by atoms with van der Waals surface area (Å²) in [5.74, 6) is 1.81. The predicted molar refractivity (Wildman–Crippen MR) is 95.5 cm³/mol. The normalized spacial score (nSPS) is 10.2. The zero-order valence-corrected chi connectivity index (χ0v) is 13.8. The summed E-state index contributed by atoms with van der Waals surface area (Å²) >= 11 is 5.87. The van der Waals surface area contributed by atoms with Gasteiger partial charge in [0.05, 0.1) is 12.8 Å². The van der Waals surface area contributed by atoms with Crippen LogP contribution in [0.5, 0.6) is 5.75 Å². The van der Waals surface area contributed by atoms with E-state index in [9.17, 15) is 0 Å². The van der Waals surface area contributed by atoms with Crippen molar-refractivity contribution in [3.8, 4) is 5.75 Å². The predicted octanol–water partition coefficient (Wildman–Crippen LogP) is 4.41. The molecular formula is C17H16ClN5O. The number of aromatic nitrogens is 3. The molecule has 0 atom stereocenters. The quantitative estimate of drug-likeness (QED) is 0.692. The number of anilines is 4. The lowest BCUT2D eigenvalue weighted by Crippen LogP contribution is -2.02. The van der Waals surface area contributed by atoms with Gasteiger partial charge in [0.15, 0.2) is 5.82 Å². The Morgan fingerprint density at radius 3 is 2.33 bits per heavy atom. The van der Waals surface area contributed by atoms with E-state index in [2.05, 4.69) is 25.8 Å². The second-order valence-electron chi connectivity index (χ2n) is 4.88. The first-order valence-corrected chi connectivity index (χ1v) is 7.83. The van der Waals surface area contributed by atoms with Gasteiger partial charge in [-0.05, 0) is 55.5 Å². The molecular weight excluding hydrogens is 326 g/mol. The van der Waals surface area contributed by atoms with Crippen LogP contribution in [0.4, 0.5) is 23.1 Å². The monoisotopic (exact) mass is 341 g/mol. The number of nitrogens with zero attached hydrogens (tertiary/aromatic N) is 3. The van der Waals surface area contributed by atoms with E-state index in [0.717, 1.165) is 17.1 Å². The van der Waals surface area contributed by atoms with E-state index in [4.69, 9.17) is 16.3 Å². The molecule has 2 aromatic carbocycles. The lowest BCUT2D eigenvalue weighted by molar-refractivity contribution is 0.340. The molecule has 0 radical (unpaired) electrons. The van der Waals surface area contributed by atoms with Crippen LogP contribution in [0.3, 0.4) is 0 Å². The van der Waals surface area contributed by atoms with Crippen molar-refractivity contribution in [3.05, 3.63) is 59.8 Å². The minimum Gasteiger partial charge on any atom is -0.494 e. The lowest BCUT2D eigenvalue weighted by atomic mass is 10.3. The first kappa shape index (κ1) is 16.0. The lowest BCUT2D eigenvalue weighted by Gasteiger charge is -2.08. The van der Waals surface area contributed by atoms with Gasteiger partial charge in [0.1, 0.15) is 5.75 Å². The van der Waals surface area contributed by atoms with Crippen LogP contribution in [-0.4, -0.2) is 21.8 Å². The Kier molecular flexibility index (Phi) is 5.08. The van der Waals surface area contributed by atoms with Gasteiger partial charge in [0.2, 0.25) is 5.95 Å². The number of rotatable bonds is 6. The Morgan fingerprint density at radius 1 is 0.958 bits per heavy atom. The molecule has 0 aliphatic carbocycles. The topological polar surface area (TPSA) is 72.0 Å². The van der Waals surface area contributed by atoms with Crippen LogP contribution in [0.1, 0.15) is 6.92 Å². The van der Waals surface area contributed by atoms with Crippen LogP contribution in [0, 0.1) is 0 Å². The summed E-state index contributed by atoms with van der Waals surface area (Å²) in [6.07, 6.45) is 1.56. The highest BCUT2D eigenvalue weighted by Crippen LogP contribution is 2.20. The molecule has 1 heterocycles. The van der Waals surface area contributed by atoms with Crippen molar-refractivity contribution in [2.45, 2.75) is 6.92 Å². The summed E-state index contributed by atoms with van der Waals surface area (Å²) in [6, 6.07) is 14.9. The molecule has 122 valence electrons. The molecule has 0 unspecified atom stereocenters. The van der Waals surface area contributed by atoms with E-state index in [-0.39, 0.29) is 0 Å². The van der Waals surface area contributed by atoms with Crippen LogP contribution in [0.2, 0.25) is 5.02 Å². The highest BCUT2D eigenvalue weighted by molar-refractivity contribution is 6.30. The maximum atomic E-state index is 5.87. The van der Waals surface area contributed by atoms with Crippen molar-refractivity contribution in [2.75, 3.05) is 17.2 Å². The van der Waals surface area contributed by atoms with Crippen molar-refractivity contribution >= 4 is 34.7 Å². The van der Waals surface area contributed by atoms with Crippen LogP contribution in [0.15, 0.2) is 54.7 Å². The summed E-state index contributed by atoms with van der Waals surface area (Å²) in [5.41, 5.74) is 1.72. The van der Waals surface area contributed by atoms with Gasteiger partial charge in [-0.15, -0.1) is 5.10 Å². The van der Waals surface area contributed by atoms with Gasteiger partial charge in [-0.25, -0.2) is 0 Å². The van der Waals surface area contributed by atoms with Crippen molar-refractivity contribution in [1.29, 1.82) is 0 Å². The number of halogens is 1. The van der Waals surface area contributed by atoms with E-state index in [0.29, 0.717) is 23.4 Å². The fraction of sp³-hybridized carbons (Fsp3) is 0.118. The van der Waals surface area contributed by atoms with Gasteiger partial charge < -0.3 is 15.4 Å². The molecule has 7 heteroatoms. The molecule has 0 spiro atoms. The highest BCUT2D eigenvalue weighted by Gasteiger charge is 2.03. The minimum atomic E-state index is 0.397. The zero-order chi connectivity index (χ0) is 16.8. The average Bonchev–Trinajstić information content (AvgIpc) is 2.59. The molecule has 0 saturated heterocycles. The number of benzene rings is 2. The zero-order valence-electron chi connectivity index (χ0n) is 13.0. The average molecular weight is 342 g/mol. The van der Waals surface area contributed by atoms with Crippen molar-refractivity contribution in [2.24, 2.45) is 0 Å². The second-order valence-corrected chi connectivity index (χ2v) is 5.32. The number of nitrogens with one attached hydrogen (secondary N) is 2. The molecule has 2 N–H and O–H groups in total. The molecule has 0 bridgehead atoms. The Labute approximate surface area is 144 Å². The van der Waals surface area contributed by atoms with Gasteiger partial charge in [-0.3, -0.25) is 0 Å². The number of hydrogen-bond donors (Lipinski definition) is 2. The Morgan fingerprint density at radius 2 is 1.62 bits per heavy atom. The third-order valence-electron chi connectivity index (χ3n) is 3.10. The van der Waals surface area contributed by atoms with Crippen molar-refractivity contribution < 1.29 is 4.74 Å². The molecule has 0 fully saturated rings. The molecule has 0 saturated carbocycles. The van der Waals surface area contributed by atoms with E-state index in [1.54, 1.807) is 18.3 Å². The molecule has 6 nitrogen and oxygen atoms in total. The molecule has 3 aromatic rings. The fourth-order valence-corrected chi connectivity index (χ4v) is 2.15. The molecule has 0 amide bonds. The summed E-state index contributed by atoms with van der Waals surface area (Å²) < 4.78 is 5.42. The Hall–Kier alpha value is -2.86. The smallest absolute Gasteiger partial charge is 0.249 e. The molecule has 0 aliphatic heterocycles. The van der Waals surface area contributed by atoms with Crippen LogP contribution in [0.25, 0.3) is 0 Å². The fourth-order valence-electron chi connectivity index (χ4n) is 2.03. The number of ether oxygens (including phenoxy) is 1. The van der Waals surface area contributed by atoms with E-state index in [1.807, 2.05) is 43.3 Å². The van der Waals surface area contributed by atoms with Gasteiger partial charge in [0, 0.05) is 16.4 Å². The van der Waals surface area contributed by atoms with Crippen molar-refractivity contribution in [3.63, 3.8) is 0 Å². The molecule has 3 rings (SSSR count). The number of hydrogen-bond acceptors (Lipinski definition) is 6. The third-order valence-corrected chi connectivity index (χ3v) is 3.35.